The highest BCUT2D eigenvalue weighted by atomic mass is 16.5. The van der Waals surface area contributed by atoms with Gasteiger partial charge in [0.15, 0.2) is 6.10 Å². The van der Waals surface area contributed by atoms with Crippen LogP contribution in [0.25, 0.3) is 0 Å². The Balaban J connectivity index is 3.28. The van der Waals surface area contributed by atoms with Crippen LogP contribution in [0.15, 0.2) is 12.7 Å². The minimum atomic E-state index is -0.504. The van der Waals surface area contributed by atoms with E-state index in [-0.39, 0.29) is 0 Å². The highest BCUT2D eigenvalue weighted by molar-refractivity contribution is 4.97. The molecule has 0 saturated carbocycles. The van der Waals surface area contributed by atoms with E-state index in [1.807, 2.05) is 6.07 Å². The van der Waals surface area contributed by atoms with Crippen LogP contribution in [-0.4, -0.2) is 26.4 Å². The average Bonchev–Trinajstić information content (AvgIpc) is 1.99. The van der Waals surface area contributed by atoms with E-state index in [1.54, 1.807) is 7.11 Å². The molecular weight excluding hydrogens is 130 g/mol. The molecule has 0 aromatic rings. The van der Waals surface area contributed by atoms with Crippen molar-refractivity contribution < 1.29 is 9.47 Å². The first kappa shape index (κ1) is 9.15. The largest absolute Gasteiger partial charge is 0.382 e. The molecule has 0 spiro atoms. The molecule has 10 heavy (non-hydrogen) atoms. The van der Waals surface area contributed by atoms with Gasteiger partial charge in [0.1, 0.15) is 0 Å². The second-order valence-electron chi connectivity index (χ2n) is 1.65. The van der Waals surface area contributed by atoms with Gasteiger partial charge in [0, 0.05) is 7.11 Å². The van der Waals surface area contributed by atoms with Gasteiger partial charge in [-0.3, -0.25) is 0 Å². The Kier molecular flexibility index (Phi) is 5.74. The van der Waals surface area contributed by atoms with Crippen LogP contribution in [0, 0.1) is 11.3 Å². The van der Waals surface area contributed by atoms with E-state index in [0.29, 0.717) is 13.2 Å². The monoisotopic (exact) mass is 141 g/mol. The molecule has 3 heteroatoms. The Morgan fingerprint density at radius 1 is 1.70 bits per heavy atom. The summed E-state index contributed by atoms with van der Waals surface area (Å²) in [4.78, 5) is 0. The van der Waals surface area contributed by atoms with Crippen molar-refractivity contribution in [2.75, 3.05) is 20.3 Å². The van der Waals surface area contributed by atoms with Gasteiger partial charge in [-0.2, -0.15) is 5.26 Å². The molecule has 56 valence electrons. The second-order valence-corrected chi connectivity index (χ2v) is 1.65. The van der Waals surface area contributed by atoms with E-state index in [1.165, 1.54) is 6.08 Å². The van der Waals surface area contributed by atoms with E-state index >= 15 is 0 Å². The number of hydrogen-bond donors (Lipinski definition) is 0. The van der Waals surface area contributed by atoms with Gasteiger partial charge in [0.2, 0.25) is 0 Å². The maximum atomic E-state index is 8.34. The molecule has 1 unspecified atom stereocenters. The highest BCUT2D eigenvalue weighted by Gasteiger charge is 1.98. The van der Waals surface area contributed by atoms with Gasteiger partial charge in [0.05, 0.1) is 19.3 Å². The molecule has 0 heterocycles. The third-order valence-corrected chi connectivity index (χ3v) is 0.926. The zero-order valence-electron chi connectivity index (χ0n) is 6.04. The second kappa shape index (κ2) is 6.27. The first-order chi connectivity index (χ1) is 4.85. The lowest BCUT2D eigenvalue weighted by molar-refractivity contribution is 0.0614. The molecule has 0 amide bonds. The summed E-state index contributed by atoms with van der Waals surface area (Å²) >= 11 is 0. The molecule has 1 atom stereocenters. The Labute approximate surface area is 60.9 Å². The first-order valence-corrected chi connectivity index (χ1v) is 2.98. The van der Waals surface area contributed by atoms with Gasteiger partial charge in [-0.1, -0.05) is 6.58 Å². The molecule has 0 aromatic carbocycles. The molecule has 0 aliphatic rings. The summed E-state index contributed by atoms with van der Waals surface area (Å²) in [5.41, 5.74) is 0. The number of nitrogens with zero attached hydrogens (tertiary/aromatic N) is 1. The number of hydrogen-bond acceptors (Lipinski definition) is 3. The molecular formula is C7H11NO2. The normalized spacial score (nSPS) is 12.0. The number of ether oxygens (including phenoxy) is 2. The molecule has 0 bridgehead atoms. The van der Waals surface area contributed by atoms with E-state index in [2.05, 4.69) is 6.58 Å². The maximum Gasteiger partial charge on any atom is 0.162 e. The summed E-state index contributed by atoms with van der Waals surface area (Å²) in [6, 6.07) is 1.91. The summed E-state index contributed by atoms with van der Waals surface area (Å²) in [6.45, 7) is 4.36. The van der Waals surface area contributed by atoms with Gasteiger partial charge >= 0.3 is 0 Å². The van der Waals surface area contributed by atoms with Gasteiger partial charge in [-0.05, 0) is 6.08 Å². The third-order valence-electron chi connectivity index (χ3n) is 0.926. The lowest BCUT2D eigenvalue weighted by atomic mass is 10.4. The van der Waals surface area contributed by atoms with Crippen molar-refractivity contribution in [1.29, 1.82) is 5.26 Å². The molecule has 0 radical (unpaired) electrons. The number of methoxy groups -OCH3 is 1. The lowest BCUT2D eigenvalue weighted by Gasteiger charge is -2.03. The van der Waals surface area contributed by atoms with Crippen LogP contribution in [0.2, 0.25) is 0 Å². The van der Waals surface area contributed by atoms with E-state index in [9.17, 15) is 0 Å². The smallest absolute Gasteiger partial charge is 0.162 e. The van der Waals surface area contributed by atoms with Gasteiger partial charge < -0.3 is 9.47 Å². The molecule has 0 aliphatic heterocycles. The molecule has 0 fully saturated rings. The molecule has 0 N–H and O–H groups in total. The first-order valence-electron chi connectivity index (χ1n) is 2.98. The fourth-order valence-electron chi connectivity index (χ4n) is 0.416. The fourth-order valence-corrected chi connectivity index (χ4v) is 0.416. The molecule has 0 aliphatic carbocycles. The SMILES string of the molecule is C=CC(C#N)OCCOC. The van der Waals surface area contributed by atoms with Crippen molar-refractivity contribution in [2.45, 2.75) is 6.10 Å². The van der Waals surface area contributed by atoms with Crippen molar-refractivity contribution in [3.05, 3.63) is 12.7 Å². The molecule has 0 rings (SSSR count). The average molecular weight is 141 g/mol. The Morgan fingerprint density at radius 2 is 2.40 bits per heavy atom. The van der Waals surface area contributed by atoms with Crippen molar-refractivity contribution in [3.8, 4) is 6.07 Å². The van der Waals surface area contributed by atoms with Crippen molar-refractivity contribution in [1.82, 2.24) is 0 Å². The van der Waals surface area contributed by atoms with Crippen LogP contribution in [0.4, 0.5) is 0 Å². The summed E-state index contributed by atoms with van der Waals surface area (Å²) in [5, 5.41) is 8.34. The van der Waals surface area contributed by atoms with Crippen molar-refractivity contribution in [3.63, 3.8) is 0 Å². The van der Waals surface area contributed by atoms with Crippen LogP contribution in [0.5, 0.6) is 0 Å². The topological polar surface area (TPSA) is 42.2 Å². The Bertz CT molecular complexity index is 128. The van der Waals surface area contributed by atoms with Crippen LogP contribution >= 0.6 is 0 Å². The number of rotatable bonds is 5. The van der Waals surface area contributed by atoms with Crippen molar-refractivity contribution in [2.24, 2.45) is 0 Å². The predicted molar refractivity (Wildman–Crippen MR) is 37.4 cm³/mol. The highest BCUT2D eigenvalue weighted by Crippen LogP contribution is 1.89. The van der Waals surface area contributed by atoms with Crippen LogP contribution in [-0.2, 0) is 9.47 Å². The maximum absolute atomic E-state index is 8.34. The van der Waals surface area contributed by atoms with Gasteiger partial charge in [-0.25, -0.2) is 0 Å². The Morgan fingerprint density at radius 3 is 2.80 bits per heavy atom. The van der Waals surface area contributed by atoms with Crippen LogP contribution in [0.1, 0.15) is 0 Å². The minimum Gasteiger partial charge on any atom is -0.382 e. The third kappa shape index (κ3) is 4.07. The lowest BCUT2D eigenvalue weighted by Crippen LogP contribution is -2.10. The van der Waals surface area contributed by atoms with E-state index in [4.69, 9.17) is 14.7 Å². The summed E-state index contributed by atoms with van der Waals surface area (Å²) in [7, 11) is 1.58. The minimum absolute atomic E-state index is 0.431. The molecule has 0 saturated heterocycles. The molecule has 0 aromatic heterocycles. The zero-order valence-corrected chi connectivity index (χ0v) is 6.04. The zero-order chi connectivity index (χ0) is 7.82. The predicted octanol–water partition coefficient (Wildman–Crippen LogP) is 0.728. The summed E-state index contributed by atoms with van der Waals surface area (Å²) in [6.07, 6.45) is 0.950. The summed E-state index contributed by atoms with van der Waals surface area (Å²) < 4.78 is 9.69. The summed E-state index contributed by atoms with van der Waals surface area (Å²) in [5.74, 6) is 0. The fraction of sp³-hybridized carbons (Fsp3) is 0.571. The van der Waals surface area contributed by atoms with E-state index in [0.717, 1.165) is 0 Å². The van der Waals surface area contributed by atoms with Crippen LogP contribution < -0.4 is 0 Å². The van der Waals surface area contributed by atoms with Crippen LogP contribution in [0.3, 0.4) is 0 Å². The van der Waals surface area contributed by atoms with Crippen molar-refractivity contribution >= 4 is 0 Å². The Hall–Kier alpha value is -0.850. The quantitative estimate of drug-likeness (QED) is 0.418. The van der Waals surface area contributed by atoms with Gasteiger partial charge in [-0.15, -0.1) is 0 Å². The van der Waals surface area contributed by atoms with Gasteiger partial charge in [0.25, 0.3) is 0 Å². The number of nitriles is 1. The standard InChI is InChI=1S/C7H11NO2/c1-3-7(6-8)10-5-4-9-2/h3,7H,1,4-5H2,2H3. The van der Waals surface area contributed by atoms with E-state index < -0.39 is 6.10 Å². The molecule has 3 nitrogen and oxygen atoms in total.